The van der Waals surface area contributed by atoms with Gasteiger partial charge in [-0.1, -0.05) is 0 Å². The summed E-state index contributed by atoms with van der Waals surface area (Å²) in [6.45, 7) is 5.93. The van der Waals surface area contributed by atoms with Gasteiger partial charge < -0.3 is 14.9 Å². The number of carboxylic acids is 1. The largest absolute Gasteiger partial charge is 0.481 e. The second-order valence-corrected chi connectivity index (χ2v) is 6.10. The minimum Gasteiger partial charge on any atom is -0.481 e. The Hall–Kier alpha value is -1.26. The summed E-state index contributed by atoms with van der Waals surface area (Å²) in [5, 5.41) is 9.09. The van der Waals surface area contributed by atoms with Crippen LogP contribution in [-0.2, 0) is 4.79 Å². The lowest BCUT2D eigenvalue weighted by Crippen LogP contribution is -2.51. The van der Waals surface area contributed by atoms with Crippen LogP contribution in [0.4, 0.5) is 4.79 Å². The van der Waals surface area contributed by atoms with E-state index in [2.05, 4.69) is 0 Å². The average Bonchev–Trinajstić information content (AvgIpc) is 3.19. The van der Waals surface area contributed by atoms with Crippen molar-refractivity contribution < 1.29 is 14.7 Å². The van der Waals surface area contributed by atoms with Crippen molar-refractivity contribution in [2.24, 2.45) is 11.8 Å². The van der Waals surface area contributed by atoms with Gasteiger partial charge in [0.05, 0.1) is 5.92 Å². The quantitative estimate of drug-likeness (QED) is 0.848. The fraction of sp³-hybridized carbons (Fsp3) is 0.857. The lowest BCUT2D eigenvalue weighted by atomic mass is 9.98. The van der Waals surface area contributed by atoms with Crippen molar-refractivity contribution in [3.05, 3.63) is 0 Å². The van der Waals surface area contributed by atoms with E-state index in [1.807, 2.05) is 18.7 Å². The molecule has 2 amide bonds. The van der Waals surface area contributed by atoms with Crippen LogP contribution >= 0.6 is 0 Å². The number of urea groups is 1. The Balaban J connectivity index is 1.97. The Morgan fingerprint density at radius 1 is 1.32 bits per heavy atom. The zero-order chi connectivity index (χ0) is 14.0. The summed E-state index contributed by atoms with van der Waals surface area (Å²) in [6, 6.07) is 0.200. The summed E-state index contributed by atoms with van der Waals surface area (Å²) < 4.78 is 0. The molecule has 0 unspecified atom stereocenters. The van der Waals surface area contributed by atoms with Crippen molar-refractivity contribution in [3.8, 4) is 0 Å². The molecule has 1 aliphatic heterocycles. The molecule has 1 atom stereocenters. The van der Waals surface area contributed by atoms with E-state index in [9.17, 15) is 9.59 Å². The monoisotopic (exact) mass is 268 g/mol. The Bertz CT molecular complexity index is 353. The lowest BCUT2D eigenvalue weighted by Gasteiger charge is -2.37. The molecule has 2 aliphatic rings. The molecule has 108 valence electrons. The highest BCUT2D eigenvalue weighted by atomic mass is 16.4. The van der Waals surface area contributed by atoms with Crippen LogP contribution in [0.5, 0.6) is 0 Å². The second-order valence-electron chi connectivity index (χ2n) is 6.10. The maximum atomic E-state index is 12.5. The van der Waals surface area contributed by atoms with Crippen LogP contribution in [0.2, 0.25) is 0 Å². The van der Waals surface area contributed by atoms with E-state index < -0.39 is 11.9 Å². The number of carbonyl (C=O) groups excluding carboxylic acids is 1. The average molecular weight is 268 g/mol. The molecule has 5 heteroatoms. The molecule has 0 aromatic heterocycles. The van der Waals surface area contributed by atoms with E-state index in [0.717, 1.165) is 13.0 Å². The minimum absolute atomic E-state index is 0.0212. The van der Waals surface area contributed by atoms with E-state index >= 15 is 0 Å². The van der Waals surface area contributed by atoms with Crippen LogP contribution in [0.1, 0.15) is 39.5 Å². The maximum absolute atomic E-state index is 12.5. The van der Waals surface area contributed by atoms with Gasteiger partial charge in [-0.2, -0.15) is 0 Å². The first-order valence-electron chi connectivity index (χ1n) is 7.27. The van der Waals surface area contributed by atoms with Crippen LogP contribution < -0.4 is 0 Å². The fourth-order valence-electron chi connectivity index (χ4n) is 2.62. The minimum atomic E-state index is -0.782. The number of likely N-dealkylation sites (tertiary alicyclic amines) is 1. The summed E-state index contributed by atoms with van der Waals surface area (Å²) in [5.41, 5.74) is 0. The second kappa shape index (κ2) is 5.80. The van der Waals surface area contributed by atoms with Crippen LogP contribution in [0.3, 0.4) is 0 Å². The van der Waals surface area contributed by atoms with Gasteiger partial charge in [-0.25, -0.2) is 4.79 Å². The van der Waals surface area contributed by atoms with Crippen molar-refractivity contribution in [3.63, 3.8) is 0 Å². The standard InChI is InChI=1S/C14H24N2O3/c1-10(2)16(8-11-5-6-11)14(19)15-7-3-4-12(9-15)13(17)18/h10-12H,3-9H2,1-2H3,(H,17,18)/t12-/m1/s1. The number of carbonyl (C=O) groups is 2. The molecule has 1 saturated heterocycles. The molecule has 0 aromatic carbocycles. The van der Waals surface area contributed by atoms with E-state index in [-0.39, 0.29) is 12.1 Å². The molecule has 1 saturated carbocycles. The summed E-state index contributed by atoms with van der Waals surface area (Å²) in [5.74, 6) is -0.519. The first-order chi connectivity index (χ1) is 8.99. The zero-order valence-corrected chi connectivity index (χ0v) is 11.8. The summed E-state index contributed by atoms with van der Waals surface area (Å²) in [4.78, 5) is 27.2. The van der Waals surface area contributed by atoms with Gasteiger partial charge >= 0.3 is 12.0 Å². The van der Waals surface area contributed by atoms with Crippen molar-refractivity contribution in [1.82, 2.24) is 9.80 Å². The Kier molecular flexibility index (Phi) is 4.32. The molecule has 1 aliphatic carbocycles. The highest BCUT2D eigenvalue weighted by Gasteiger charge is 2.34. The first kappa shape index (κ1) is 14.2. The number of hydrogen-bond donors (Lipinski definition) is 1. The number of aliphatic carboxylic acids is 1. The third-order valence-electron chi connectivity index (χ3n) is 4.06. The van der Waals surface area contributed by atoms with Crippen LogP contribution in [0.25, 0.3) is 0 Å². The molecule has 0 aromatic rings. The Morgan fingerprint density at radius 2 is 2.00 bits per heavy atom. The summed E-state index contributed by atoms with van der Waals surface area (Å²) >= 11 is 0. The fourth-order valence-corrected chi connectivity index (χ4v) is 2.62. The normalized spacial score (nSPS) is 23.5. The van der Waals surface area contributed by atoms with Crippen LogP contribution in [-0.4, -0.2) is 52.6 Å². The van der Waals surface area contributed by atoms with Gasteiger partial charge in [0.15, 0.2) is 0 Å². The first-order valence-corrected chi connectivity index (χ1v) is 7.27. The number of nitrogens with zero attached hydrogens (tertiary/aromatic N) is 2. The third-order valence-corrected chi connectivity index (χ3v) is 4.06. The van der Waals surface area contributed by atoms with Gasteiger partial charge in [-0.3, -0.25) is 4.79 Å². The number of rotatable bonds is 4. The lowest BCUT2D eigenvalue weighted by molar-refractivity contribution is -0.143. The maximum Gasteiger partial charge on any atom is 0.320 e. The molecule has 2 rings (SSSR count). The van der Waals surface area contributed by atoms with Crippen LogP contribution in [0, 0.1) is 11.8 Å². The molecule has 1 N–H and O–H groups in total. The van der Waals surface area contributed by atoms with Gasteiger partial charge in [0, 0.05) is 25.7 Å². The van der Waals surface area contributed by atoms with E-state index in [4.69, 9.17) is 5.11 Å². The topological polar surface area (TPSA) is 60.9 Å². The van der Waals surface area contributed by atoms with E-state index in [1.54, 1.807) is 4.90 Å². The summed E-state index contributed by atoms with van der Waals surface area (Å²) in [7, 11) is 0. The molecular weight excluding hydrogens is 244 g/mol. The number of piperidine rings is 1. The van der Waals surface area contributed by atoms with Gasteiger partial charge in [-0.05, 0) is 45.4 Å². The molecule has 5 nitrogen and oxygen atoms in total. The smallest absolute Gasteiger partial charge is 0.320 e. The van der Waals surface area contributed by atoms with Gasteiger partial charge in [0.2, 0.25) is 0 Å². The Morgan fingerprint density at radius 3 is 2.53 bits per heavy atom. The van der Waals surface area contributed by atoms with Crippen molar-refractivity contribution in [2.75, 3.05) is 19.6 Å². The zero-order valence-electron chi connectivity index (χ0n) is 11.8. The van der Waals surface area contributed by atoms with Crippen molar-refractivity contribution >= 4 is 12.0 Å². The van der Waals surface area contributed by atoms with Gasteiger partial charge in [0.1, 0.15) is 0 Å². The molecule has 2 fully saturated rings. The molecule has 19 heavy (non-hydrogen) atoms. The molecule has 1 heterocycles. The highest BCUT2D eigenvalue weighted by Crippen LogP contribution is 2.31. The Labute approximate surface area is 114 Å². The predicted molar refractivity (Wildman–Crippen MR) is 71.9 cm³/mol. The summed E-state index contributed by atoms with van der Waals surface area (Å²) in [6.07, 6.45) is 3.91. The molecule has 0 spiro atoms. The molecule has 0 bridgehead atoms. The third kappa shape index (κ3) is 3.61. The van der Waals surface area contributed by atoms with Gasteiger partial charge in [0.25, 0.3) is 0 Å². The van der Waals surface area contributed by atoms with E-state index in [0.29, 0.717) is 25.4 Å². The van der Waals surface area contributed by atoms with Gasteiger partial charge in [-0.15, -0.1) is 0 Å². The van der Waals surface area contributed by atoms with Crippen molar-refractivity contribution in [1.29, 1.82) is 0 Å². The van der Waals surface area contributed by atoms with E-state index in [1.165, 1.54) is 12.8 Å². The van der Waals surface area contributed by atoms with Crippen LogP contribution in [0.15, 0.2) is 0 Å². The number of hydrogen-bond acceptors (Lipinski definition) is 2. The molecular formula is C14H24N2O3. The number of amides is 2. The molecule has 0 radical (unpaired) electrons. The SMILES string of the molecule is CC(C)N(CC1CC1)C(=O)N1CCC[C@@H](C(=O)O)C1. The predicted octanol–water partition coefficient (Wildman–Crippen LogP) is 2.02. The van der Waals surface area contributed by atoms with Crippen molar-refractivity contribution in [2.45, 2.75) is 45.6 Å². The highest BCUT2D eigenvalue weighted by molar-refractivity contribution is 5.77. The number of carboxylic acid groups (broad SMARTS) is 1.